The van der Waals surface area contributed by atoms with Gasteiger partial charge in [-0.25, -0.2) is 0 Å². The molecule has 1 amide bonds. The molecule has 0 radical (unpaired) electrons. The second-order valence-electron chi connectivity index (χ2n) is 4.93. The lowest BCUT2D eigenvalue weighted by Crippen LogP contribution is -2.33. The van der Waals surface area contributed by atoms with E-state index in [1.165, 1.54) is 7.11 Å². The van der Waals surface area contributed by atoms with Crippen LogP contribution in [0.2, 0.25) is 0 Å². The smallest absolute Gasteiger partial charge is 0.250 e. The summed E-state index contributed by atoms with van der Waals surface area (Å²) in [6, 6.07) is 7.57. The molecule has 0 saturated carbocycles. The van der Waals surface area contributed by atoms with E-state index in [4.69, 9.17) is 14.2 Å². The topological polar surface area (TPSA) is 74.6 Å². The minimum absolute atomic E-state index is 0.0154. The maximum Gasteiger partial charge on any atom is 0.250 e. The average molecular weight is 303 g/mol. The van der Waals surface area contributed by atoms with Crippen molar-refractivity contribution in [3.63, 3.8) is 0 Å². The lowest BCUT2D eigenvalue weighted by Gasteiger charge is -2.26. The summed E-state index contributed by atoms with van der Waals surface area (Å²) >= 11 is 0. The normalized spacial score (nSPS) is 16.3. The molecule has 1 aliphatic heterocycles. The SMILES string of the molecule is COCC(=O)Nc1cnn(CC2COc3ccccc3O2)c1. The molecule has 1 atom stereocenters. The predicted molar refractivity (Wildman–Crippen MR) is 79.1 cm³/mol. The van der Waals surface area contributed by atoms with Gasteiger partial charge >= 0.3 is 0 Å². The number of ether oxygens (including phenoxy) is 3. The number of methoxy groups -OCH3 is 1. The number of carbonyl (C=O) groups is 1. The standard InChI is InChI=1S/C15H17N3O4/c1-20-10-15(19)17-11-6-16-18(7-11)8-12-9-21-13-4-2-3-5-14(13)22-12/h2-7,12H,8-10H2,1H3,(H,17,19). The number of benzene rings is 1. The number of hydrogen-bond donors (Lipinski definition) is 1. The van der Waals surface area contributed by atoms with E-state index in [1.807, 2.05) is 24.3 Å². The molecule has 7 heteroatoms. The van der Waals surface area contributed by atoms with Gasteiger partial charge in [-0.05, 0) is 12.1 Å². The van der Waals surface area contributed by atoms with Crippen LogP contribution in [-0.2, 0) is 16.1 Å². The van der Waals surface area contributed by atoms with Gasteiger partial charge in [-0.3, -0.25) is 9.48 Å². The van der Waals surface area contributed by atoms with Crippen molar-refractivity contribution in [1.29, 1.82) is 0 Å². The lowest BCUT2D eigenvalue weighted by atomic mass is 10.2. The number of amides is 1. The van der Waals surface area contributed by atoms with Gasteiger partial charge in [-0.15, -0.1) is 0 Å². The van der Waals surface area contributed by atoms with E-state index in [0.717, 1.165) is 11.5 Å². The number of para-hydroxylation sites is 2. The number of aromatic nitrogens is 2. The van der Waals surface area contributed by atoms with Crippen LogP contribution in [-0.4, -0.2) is 42.1 Å². The first-order valence-corrected chi connectivity index (χ1v) is 6.94. The van der Waals surface area contributed by atoms with Crippen LogP contribution in [0.1, 0.15) is 0 Å². The Morgan fingerprint density at radius 3 is 3.09 bits per heavy atom. The summed E-state index contributed by atoms with van der Waals surface area (Å²) in [7, 11) is 1.47. The zero-order chi connectivity index (χ0) is 15.4. The number of hydrogen-bond acceptors (Lipinski definition) is 5. The fraction of sp³-hybridized carbons (Fsp3) is 0.333. The number of fused-ring (bicyclic) bond motifs is 1. The fourth-order valence-electron chi connectivity index (χ4n) is 2.22. The number of anilines is 1. The number of nitrogens with zero attached hydrogens (tertiary/aromatic N) is 2. The zero-order valence-electron chi connectivity index (χ0n) is 12.2. The van der Waals surface area contributed by atoms with Crippen LogP contribution in [0.5, 0.6) is 11.5 Å². The molecule has 116 valence electrons. The third-order valence-corrected chi connectivity index (χ3v) is 3.15. The molecular formula is C15H17N3O4. The Morgan fingerprint density at radius 1 is 1.45 bits per heavy atom. The van der Waals surface area contributed by atoms with E-state index in [9.17, 15) is 4.79 Å². The van der Waals surface area contributed by atoms with Crippen LogP contribution < -0.4 is 14.8 Å². The Balaban J connectivity index is 1.58. The van der Waals surface area contributed by atoms with Gasteiger partial charge in [0.25, 0.3) is 0 Å². The quantitative estimate of drug-likeness (QED) is 0.901. The molecule has 3 rings (SSSR count). The van der Waals surface area contributed by atoms with E-state index in [0.29, 0.717) is 18.8 Å². The molecule has 2 aromatic rings. The van der Waals surface area contributed by atoms with Gasteiger partial charge in [-0.1, -0.05) is 12.1 Å². The summed E-state index contributed by atoms with van der Waals surface area (Å²) in [6.07, 6.45) is 3.21. The summed E-state index contributed by atoms with van der Waals surface area (Å²) in [6.45, 7) is 1.01. The Bertz CT molecular complexity index is 656. The largest absolute Gasteiger partial charge is 0.486 e. The third kappa shape index (κ3) is 3.37. The third-order valence-electron chi connectivity index (χ3n) is 3.15. The highest BCUT2D eigenvalue weighted by Crippen LogP contribution is 2.31. The van der Waals surface area contributed by atoms with E-state index in [-0.39, 0.29) is 18.6 Å². The summed E-state index contributed by atoms with van der Waals surface area (Å²) in [5.74, 6) is 1.28. The summed E-state index contributed by atoms with van der Waals surface area (Å²) in [5, 5.41) is 6.90. The minimum atomic E-state index is -0.215. The van der Waals surface area contributed by atoms with Crippen LogP contribution in [0.25, 0.3) is 0 Å². The molecule has 0 bridgehead atoms. The molecule has 7 nitrogen and oxygen atoms in total. The van der Waals surface area contributed by atoms with Crippen LogP contribution >= 0.6 is 0 Å². The second-order valence-corrected chi connectivity index (χ2v) is 4.93. The molecule has 0 fully saturated rings. The Kier molecular flexibility index (Phi) is 4.24. The highest BCUT2D eigenvalue weighted by atomic mass is 16.6. The molecule has 1 aliphatic rings. The van der Waals surface area contributed by atoms with Gasteiger partial charge in [-0.2, -0.15) is 5.10 Å². The average Bonchev–Trinajstić information content (AvgIpc) is 2.94. The maximum absolute atomic E-state index is 11.4. The van der Waals surface area contributed by atoms with Crippen molar-refractivity contribution >= 4 is 11.6 Å². The van der Waals surface area contributed by atoms with E-state index in [1.54, 1.807) is 17.1 Å². The molecule has 1 aromatic carbocycles. The first-order valence-electron chi connectivity index (χ1n) is 6.94. The fourth-order valence-corrected chi connectivity index (χ4v) is 2.22. The lowest BCUT2D eigenvalue weighted by molar-refractivity contribution is -0.119. The summed E-state index contributed by atoms with van der Waals surface area (Å²) in [4.78, 5) is 11.4. The van der Waals surface area contributed by atoms with Crippen molar-refractivity contribution in [3.05, 3.63) is 36.7 Å². The van der Waals surface area contributed by atoms with Crippen molar-refractivity contribution in [1.82, 2.24) is 9.78 Å². The van der Waals surface area contributed by atoms with Gasteiger partial charge < -0.3 is 19.5 Å². The molecule has 0 spiro atoms. The highest BCUT2D eigenvalue weighted by Gasteiger charge is 2.21. The van der Waals surface area contributed by atoms with Crippen molar-refractivity contribution in [3.8, 4) is 11.5 Å². The number of carbonyl (C=O) groups excluding carboxylic acids is 1. The number of rotatable bonds is 5. The summed E-state index contributed by atoms with van der Waals surface area (Å²) < 4.78 is 18.0. The van der Waals surface area contributed by atoms with Crippen LogP contribution in [0.3, 0.4) is 0 Å². The minimum Gasteiger partial charge on any atom is -0.486 e. The first kappa shape index (κ1) is 14.4. The molecule has 1 aromatic heterocycles. The maximum atomic E-state index is 11.4. The Hall–Kier alpha value is -2.54. The second kappa shape index (κ2) is 6.48. The molecular weight excluding hydrogens is 286 g/mol. The van der Waals surface area contributed by atoms with Crippen molar-refractivity contribution < 1.29 is 19.0 Å². The van der Waals surface area contributed by atoms with Crippen LogP contribution in [0.4, 0.5) is 5.69 Å². The number of nitrogens with one attached hydrogen (secondary N) is 1. The molecule has 1 unspecified atom stereocenters. The molecule has 0 aliphatic carbocycles. The van der Waals surface area contributed by atoms with Gasteiger partial charge in [0.2, 0.25) is 5.91 Å². The van der Waals surface area contributed by atoms with Crippen molar-refractivity contribution in [2.24, 2.45) is 0 Å². The van der Waals surface area contributed by atoms with E-state index in [2.05, 4.69) is 10.4 Å². The van der Waals surface area contributed by atoms with Crippen molar-refractivity contribution in [2.75, 3.05) is 25.6 Å². The van der Waals surface area contributed by atoms with Gasteiger partial charge in [0.1, 0.15) is 13.2 Å². The summed E-state index contributed by atoms with van der Waals surface area (Å²) in [5.41, 5.74) is 0.624. The van der Waals surface area contributed by atoms with Gasteiger partial charge in [0.05, 0.1) is 18.4 Å². The van der Waals surface area contributed by atoms with E-state index < -0.39 is 0 Å². The molecule has 0 saturated heterocycles. The van der Waals surface area contributed by atoms with Crippen LogP contribution in [0, 0.1) is 0 Å². The Labute approximate surface area is 127 Å². The molecule has 22 heavy (non-hydrogen) atoms. The predicted octanol–water partition coefficient (Wildman–Crippen LogP) is 1.31. The van der Waals surface area contributed by atoms with Crippen LogP contribution in [0.15, 0.2) is 36.7 Å². The monoisotopic (exact) mass is 303 g/mol. The first-order chi connectivity index (χ1) is 10.7. The molecule has 1 N–H and O–H groups in total. The van der Waals surface area contributed by atoms with E-state index >= 15 is 0 Å². The van der Waals surface area contributed by atoms with Crippen molar-refractivity contribution in [2.45, 2.75) is 12.6 Å². The highest BCUT2D eigenvalue weighted by molar-refractivity contribution is 5.91. The zero-order valence-corrected chi connectivity index (χ0v) is 12.2. The molecule has 2 heterocycles. The van der Waals surface area contributed by atoms with Gasteiger partial charge in [0, 0.05) is 13.3 Å². The Morgan fingerprint density at radius 2 is 2.27 bits per heavy atom. The van der Waals surface area contributed by atoms with Gasteiger partial charge in [0.15, 0.2) is 17.6 Å².